The second-order valence-electron chi connectivity index (χ2n) is 3.54. The molecule has 92 valence electrons. The highest BCUT2D eigenvalue weighted by Gasteiger charge is 2.10. The highest BCUT2D eigenvalue weighted by Crippen LogP contribution is 2.21. The first-order valence-electron chi connectivity index (χ1n) is 5.08. The van der Waals surface area contributed by atoms with Gasteiger partial charge >= 0.3 is 6.03 Å². The van der Waals surface area contributed by atoms with Crippen LogP contribution in [0.3, 0.4) is 0 Å². The lowest BCUT2D eigenvalue weighted by molar-refractivity contribution is -0.119. The molecule has 0 spiro atoms. The van der Waals surface area contributed by atoms with Gasteiger partial charge in [0.05, 0.1) is 6.54 Å². The number of imide groups is 1. The van der Waals surface area contributed by atoms with Crippen molar-refractivity contribution in [1.29, 1.82) is 0 Å². The Morgan fingerprint density at radius 1 is 1.41 bits per heavy atom. The fraction of sp³-hybridized carbons (Fsp3) is 0.273. The van der Waals surface area contributed by atoms with Crippen LogP contribution in [0.15, 0.2) is 24.3 Å². The third-order valence-electron chi connectivity index (χ3n) is 2.20. The first-order valence-corrected chi connectivity index (χ1v) is 5.45. The standard InChI is InChI=1S/C11H14ClN3O2/c1-7(8-4-2-3-5-9(8)12)14-6-10(16)15-11(13)17/h2-5,7,14H,6H2,1H3,(H3,13,15,16,17)/t7-/m0/s1. The van der Waals surface area contributed by atoms with Gasteiger partial charge in [-0.25, -0.2) is 4.79 Å². The minimum Gasteiger partial charge on any atom is -0.351 e. The van der Waals surface area contributed by atoms with Crippen LogP contribution in [0.1, 0.15) is 18.5 Å². The molecule has 1 rings (SSSR count). The molecule has 0 aliphatic carbocycles. The Bertz CT molecular complexity index is 423. The van der Waals surface area contributed by atoms with Crippen molar-refractivity contribution in [2.75, 3.05) is 6.54 Å². The van der Waals surface area contributed by atoms with Crippen molar-refractivity contribution in [1.82, 2.24) is 10.6 Å². The second kappa shape index (κ2) is 6.22. The molecule has 6 heteroatoms. The third-order valence-corrected chi connectivity index (χ3v) is 2.55. The zero-order valence-electron chi connectivity index (χ0n) is 9.37. The van der Waals surface area contributed by atoms with E-state index < -0.39 is 11.9 Å². The van der Waals surface area contributed by atoms with Crippen molar-refractivity contribution >= 4 is 23.5 Å². The molecule has 1 aromatic carbocycles. The quantitative estimate of drug-likeness (QED) is 0.756. The van der Waals surface area contributed by atoms with E-state index in [0.717, 1.165) is 5.56 Å². The summed E-state index contributed by atoms with van der Waals surface area (Å²) in [6.07, 6.45) is 0. The van der Waals surface area contributed by atoms with Crippen molar-refractivity contribution in [3.05, 3.63) is 34.9 Å². The van der Waals surface area contributed by atoms with Crippen LogP contribution < -0.4 is 16.4 Å². The maximum Gasteiger partial charge on any atom is 0.318 e. The van der Waals surface area contributed by atoms with Crippen LogP contribution in [0.2, 0.25) is 5.02 Å². The normalized spacial score (nSPS) is 11.9. The SMILES string of the molecule is C[C@H](NCC(=O)NC(N)=O)c1ccccc1Cl. The lowest BCUT2D eigenvalue weighted by Gasteiger charge is -2.14. The van der Waals surface area contributed by atoms with E-state index in [1.165, 1.54) is 0 Å². The average Bonchev–Trinajstić information content (AvgIpc) is 2.25. The van der Waals surface area contributed by atoms with Crippen LogP contribution in [0.4, 0.5) is 4.79 Å². The third kappa shape index (κ3) is 4.42. The molecular formula is C11H14ClN3O2. The van der Waals surface area contributed by atoms with E-state index in [4.69, 9.17) is 17.3 Å². The topological polar surface area (TPSA) is 84.2 Å². The molecule has 17 heavy (non-hydrogen) atoms. The smallest absolute Gasteiger partial charge is 0.318 e. The van der Waals surface area contributed by atoms with E-state index in [0.29, 0.717) is 5.02 Å². The lowest BCUT2D eigenvalue weighted by atomic mass is 10.1. The first kappa shape index (κ1) is 13.5. The predicted molar refractivity (Wildman–Crippen MR) is 65.6 cm³/mol. The Hall–Kier alpha value is -1.59. The maximum atomic E-state index is 11.2. The number of benzene rings is 1. The Labute approximate surface area is 104 Å². The van der Waals surface area contributed by atoms with Gasteiger partial charge in [-0.05, 0) is 18.6 Å². The molecule has 0 saturated heterocycles. The number of carbonyl (C=O) groups excluding carboxylic acids is 2. The average molecular weight is 256 g/mol. The van der Waals surface area contributed by atoms with Gasteiger partial charge in [0.2, 0.25) is 5.91 Å². The number of nitrogens with two attached hydrogens (primary N) is 1. The molecule has 0 heterocycles. The molecule has 0 bridgehead atoms. The molecule has 0 aliphatic heterocycles. The number of carbonyl (C=O) groups is 2. The molecule has 1 aromatic rings. The predicted octanol–water partition coefficient (Wildman–Crippen LogP) is 1.19. The van der Waals surface area contributed by atoms with Crippen molar-refractivity contribution in [2.24, 2.45) is 5.73 Å². The van der Waals surface area contributed by atoms with Gasteiger partial charge in [-0.1, -0.05) is 29.8 Å². The van der Waals surface area contributed by atoms with Gasteiger partial charge in [0.25, 0.3) is 0 Å². The fourth-order valence-corrected chi connectivity index (χ4v) is 1.66. The van der Waals surface area contributed by atoms with Gasteiger partial charge in [-0.3, -0.25) is 10.1 Å². The van der Waals surface area contributed by atoms with Crippen molar-refractivity contribution < 1.29 is 9.59 Å². The second-order valence-corrected chi connectivity index (χ2v) is 3.94. The summed E-state index contributed by atoms with van der Waals surface area (Å²) in [6.45, 7) is 1.87. The largest absolute Gasteiger partial charge is 0.351 e. The molecule has 0 aliphatic rings. The number of hydrogen-bond donors (Lipinski definition) is 3. The number of amides is 3. The highest BCUT2D eigenvalue weighted by molar-refractivity contribution is 6.31. The minimum absolute atomic E-state index is 0.00463. The van der Waals surface area contributed by atoms with Crippen LogP contribution in [-0.4, -0.2) is 18.5 Å². The van der Waals surface area contributed by atoms with Gasteiger partial charge < -0.3 is 11.1 Å². The number of urea groups is 1. The Morgan fingerprint density at radius 2 is 2.06 bits per heavy atom. The zero-order valence-corrected chi connectivity index (χ0v) is 10.1. The van der Waals surface area contributed by atoms with E-state index in [1.54, 1.807) is 6.07 Å². The number of nitrogens with one attached hydrogen (secondary N) is 2. The summed E-state index contributed by atoms with van der Waals surface area (Å²) in [5, 5.41) is 5.54. The number of primary amides is 1. The van der Waals surface area contributed by atoms with Crippen molar-refractivity contribution in [2.45, 2.75) is 13.0 Å². The molecule has 5 nitrogen and oxygen atoms in total. The molecule has 0 aromatic heterocycles. The molecule has 0 radical (unpaired) electrons. The Morgan fingerprint density at radius 3 is 2.65 bits per heavy atom. The monoisotopic (exact) mass is 255 g/mol. The minimum atomic E-state index is -0.859. The number of rotatable bonds is 4. The summed E-state index contributed by atoms with van der Waals surface area (Å²) < 4.78 is 0. The maximum absolute atomic E-state index is 11.2. The van der Waals surface area contributed by atoms with Gasteiger partial charge in [0.1, 0.15) is 0 Å². The van der Waals surface area contributed by atoms with Crippen LogP contribution in [0.25, 0.3) is 0 Å². The van der Waals surface area contributed by atoms with Gasteiger partial charge in [0.15, 0.2) is 0 Å². The highest BCUT2D eigenvalue weighted by atomic mass is 35.5. The van der Waals surface area contributed by atoms with Crippen LogP contribution in [0, 0.1) is 0 Å². The summed E-state index contributed by atoms with van der Waals surface area (Å²) in [5.74, 6) is -0.476. The fourth-order valence-electron chi connectivity index (χ4n) is 1.36. The van der Waals surface area contributed by atoms with Crippen LogP contribution >= 0.6 is 11.6 Å². The Kier molecular flexibility index (Phi) is 4.93. The summed E-state index contributed by atoms with van der Waals surface area (Å²) >= 11 is 6.00. The van der Waals surface area contributed by atoms with Crippen molar-refractivity contribution in [3.8, 4) is 0 Å². The van der Waals surface area contributed by atoms with E-state index in [1.807, 2.05) is 30.4 Å². The summed E-state index contributed by atoms with van der Waals surface area (Å²) in [4.78, 5) is 21.6. The molecule has 0 saturated carbocycles. The van der Waals surface area contributed by atoms with Gasteiger partial charge in [-0.2, -0.15) is 0 Å². The molecule has 4 N–H and O–H groups in total. The Balaban J connectivity index is 2.50. The van der Waals surface area contributed by atoms with Crippen LogP contribution in [-0.2, 0) is 4.79 Å². The summed E-state index contributed by atoms with van der Waals surface area (Å²) in [6, 6.07) is 6.38. The number of hydrogen-bond acceptors (Lipinski definition) is 3. The van der Waals surface area contributed by atoms with Crippen LogP contribution in [0.5, 0.6) is 0 Å². The van der Waals surface area contributed by atoms with Crippen molar-refractivity contribution in [3.63, 3.8) is 0 Å². The molecule has 0 fully saturated rings. The van der Waals surface area contributed by atoms with E-state index in [9.17, 15) is 9.59 Å². The summed E-state index contributed by atoms with van der Waals surface area (Å²) in [5.41, 5.74) is 5.71. The summed E-state index contributed by atoms with van der Waals surface area (Å²) in [7, 11) is 0. The molecular weight excluding hydrogens is 242 g/mol. The van der Waals surface area contributed by atoms with Gasteiger partial charge in [0, 0.05) is 11.1 Å². The lowest BCUT2D eigenvalue weighted by Crippen LogP contribution is -2.41. The van der Waals surface area contributed by atoms with E-state index >= 15 is 0 Å². The molecule has 1 atom stereocenters. The first-order chi connectivity index (χ1) is 8.00. The van der Waals surface area contributed by atoms with E-state index in [2.05, 4.69) is 5.32 Å². The number of halogens is 1. The molecule has 3 amide bonds. The zero-order chi connectivity index (χ0) is 12.8. The van der Waals surface area contributed by atoms with E-state index in [-0.39, 0.29) is 12.6 Å². The molecule has 0 unspecified atom stereocenters. The van der Waals surface area contributed by atoms with Gasteiger partial charge in [-0.15, -0.1) is 0 Å².